The van der Waals surface area contributed by atoms with Crippen LogP contribution in [0.25, 0.3) is 10.4 Å². The lowest BCUT2D eigenvalue weighted by molar-refractivity contribution is 0.885. The number of hydrogen-bond acceptors (Lipinski definition) is 2. The van der Waals surface area contributed by atoms with Gasteiger partial charge in [-0.15, -0.1) is 11.3 Å². The third kappa shape index (κ3) is 3.29. The van der Waals surface area contributed by atoms with Crippen LogP contribution >= 0.6 is 22.9 Å². The topological polar surface area (TPSA) is 12.0 Å². The molecule has 1 unspecified atom stereocenters. The Bertz CT molecular complexity index is 722. The van der Waals surface area contributed by atoms with Crippen LogP contribution in [0.4, 0.5) is 5.69 Å². The molecule has 1 aromatic heterocycles. The Balaban J connectivity index is 1.88. The van der Waals surface area contributed by atoms with Crippen LogP contribution in [0.1, 0.15) is 18.5 Å². The zero-order valence-corrected chi connectivity index (χ0v) is 13.3. The number of hydrogen-bond donors (Lipinski definition) is 1. The summed E-state index contributed by atoms with van der Waals surface area (Å²) in [6.45, 7) is 2.15. The maximum Gasteiger partial charge on any atom is 0.0486 e. The fourth-order valence-electron chi connectivity index (χ4n) is 2.35. The minimum atomic E-state index is 0.199. The van der Waals surface area contributed by atoms with E-state index in [1.807, 2.05) is 18.2 Å². The van der Waals surface area contributed by atoms with Gasteiger partial charge in [-0.05, 0) is 42.1 Å². The van der Waals surface area contributed by atoms with E-state index in [0.29, 0.717) is 0 Å². The average molecular weight is 314 g/mol. The predicted molar refractivity (Wildman–Crippen MR) is 93.2 cm³/mol. The number of para-hydroxylation sites is 1. The third-order valence-electron chi connectivity index (χ3n) is 3.43. The van der Waals surface area contributed by atoms with Gasteiger partial charge in [0.25, 0.3) is 0 Å². The van der Waals surface area contributed by atoms with E-state index in [1.54, 1.807) is 11.3 Å². The second kappa shape index (κ2) is 6.33. The first-order valence-electron chi connectivity index (χ1n) is 6.89. The van der Waals surface area contributed by atoms with E-state index < -0.39 is 0 Å². The van der Waals surface area contributed by atoms with E-state index in [0.717, 1.165) is 10.7 Å². The first-order chi connectivity index (χ1) is 10.2. The van der Waals surface area contributed by atoms with Crippen molar-refractivity contribution in [3.8, 4) is 10.4 Å². The van der Waals surface area contributed by atoms with E-state index in [9.17, 15) is 0 Å². The van der Waals surface area contributed by atoms with Crippen LogP contribution in [-0.2, 0) is 0 Å². The molecule has 3 heteroatoms. The van der Waals surface area contributed by atoms with Crippen LogP contribution in [-0.4, -0.2) is 0 Å². The second-order valence-electron chi connectivity index (χ2n) is 4.94. The molecule has 0 radical (unpaired) electrons. The lowest BCUT2D eigenvalue weighted by Gasteiger charge is -2.18. The van der Waals surface area contributed by atoms with E-state index in [4.69, 9.17) is 11.6 Å². The van der Waals surface area contributed by atoms with E-state index in [-0.39, 0.29) is 6.04 Å². The van der Waals surface area contributed by atoms with E-state index in [1.165, 1.54) is 16.0 Å². The Morgan fingerprint density at radius 2 is 1.86 bits per heavy atom. The van der Waals surface area contributed by atoms with E-state index >= 15 is 0 Å². The highest BCUT2D eigenvalue weighted by molar-refractivity contribution is 7.13. The molecule has 0 amide bonds. The summed E-state index contributed by atoms with van der Waals surface area (Å²) in [5.41, 5.74) is 3.57. The van der Waals surface area contributed by atoms with Crippen LogP contribution in [0.2, 0.25) is 5.02 Å². The van der Waals surface area contributed by atoms with Gasteiger partial charge in [0.05, 0.1) is 0 Å². The summed E-state index contributed by atoms with van der Waals surface area (Å²) in [4.78, 5) is 1.27. The molecule has 0 aliphatic carbocycles. The summed E-state index contributed by atoms with van der Waals surface area (Å²) in [6.07, 6.45) is 0. The molecule has 0 bridgehead atoms. The smallest absolute Gasteiger partial charge is 0.0486 e. The Morgan fingerprint density at radius 3 is 2.62 bits per heavy atom. The number of thiophene rings is 1. The monoisotopic (exact) mass is 313 g/mol. The Hall–Kier alpha value is -1.77. The molecule has 0 aliphatic heterocycles. The highest BCUT2D eigenvalue weighted by Crippen LogP contribution is 2.33. The van der Waals surface area contributed by atoms with Gasteiger partial charge in [-0.25, -0.2) is 0 Å². The minimum Gasteiger partial charge on any atom is -0.378 e. The van der Waals surface area contributed by atoms with Crippen molar-refractivity contribution >= 4 is 28.6 Å². The lowest BCUT2D eigenvalue weighted by Crippen LogP contribution is -2.07. The van der Waals surface area contributed by atoms with E-state index in [2.05, 4.69) is 60.1 Å². The Kier molecular flexibility index (Phi) is 4.28. The SMILES string of the molecule is CC(Nc1ccccc1-c1cccs1)c1cccc(Cl)c1. The second-order valence-corrected chi connectivity index (χ2v) is 6.33. The summed E-state index contributed by atoms with van der Waals surface area (Å²) >= 11 is 7.83. The molecule has 0 aliphatic rings. The van der Waals surface area contributed by atoms with Gasteiger partial charge in [-0.3, -0.25) is 0 Å². The summed E-state index contributed by atoms with van der Waals surface area (Å²) in [6, 6.07) is 20.8. The van der Waals surface area contributed by atoms with Gasteiger partial charge in [0.1, 0.15) is 0 Å². The van der Waals surface area contributed by atoms with Crippen molar-refractivity contribution in [2.45, 2.75) is 13.0 Å². The highest BCUT2D eigenvalue weighted by Gasteiger charge is 2.10. The summed E-state index contributed by atoms with van der Waals surface area (Å²) < 4.78 is 0. The van der Waals surface area contributed by atoms with Gasteiger partial charge in [-0.2, -0.15) is 0 Å². The Labute approximate surface area is 134 Å². The number of benzene rings is 2. The first kappa shape index (κ1) is 14.2. The van der Waals surface area contributed by atoms with Crippen molar-refractivity contribution in [2.75, 3.05) is 5.32 Å². The van der Waals surface area contributed by atoms with Gasteiger partial charge in [0, 0.05) is 27.2 Å². The normalized spacial score (nSPS) is 12.1. The molecule has 1 atom stereocenters. The third-order valence-corrected chi connectivity index (χ3v) is 4.57. The van der Waals surface area contributed by atoms with Crippen molar-refractivity contribution in [3.05, 3.63) is 76.6 Å². The molecular formula is C18H16ClNS. The van der Waals surface area contributed by atoms with Crippen molar-refractivity contribution in [2.24, 2.45) is 0 Å². The molecule has 21 heavy (non-hydrogen) atoms. The van der Waals surface area contributed by atoms with Gasteiger partial charge in [0.2, 0.25) is 0 Å². The molecule has 1 heterocycles. The molecule has 0 saturated carbocycles. The van der Waals surface area contributed by atoms with Crippen molar-refractivity contribution < 1.29 is 0 Å². The molecule has 3 aromatic rings. The molecule has 3 rings (SSSR count). The van der Waals surface area contributed by atoms with Crippen molar-refractivity contribution in [1.29, 1.82) is 0 Å². The van der Waals surface area contributed by atoms with Crippen LogP contribution in [0.3, 0.4) is 0 Å². The fraction of sp³-hybridized carbons (Fsp3) is 0.111. The average Bonchev–Trinajstić information content (AvgIpc) is 3.02. The molecular weight excluding hydrogens is 298 g/mol. The van der Waals surface area contributed by atoms with Gasteiger partial charge < -0.3 is 5.32 Å². The summed E-state index contributed by atoms with van der Waals surface area (Å²) in [5.74, 6) is 0. The lowest BCUT2D eigenvalue weighted by atomic mass is 10.1. The van der Waals surface area contributed by atoms with Gasteiger partial charge >= 0.3 is 0 Å². The summed E-state index contributed by atoms with van der Waals surface area (Å²) in [7, 11) is 0. The molecule has 0 saturated heterocycles. The van der Waals surface area contributed by atoms with Crippen LogP contribution in [0, 0.1) is 0 Å². The van der Waals surface area contributed by atoms with Gasteiger partial charge in [-0.1, -0.05) is 48.0 Å². The fourth-order valence-corrected chi connectivity index (χ4v) is 3.31. The molecule has 2 aromatic carbocycles. The quantitative estimate of drug-likeness (QED) is 0.601. The zero-order valence-electron chi connectivity index (χ0n) is 11.7. The van der Waals surface area contributed by atoms with Crippen LogP contribution in [0.5, 0.6) is 0 Å². The molecule has 0 spiro atoms. The number of anilines is 1. The van der Waals surface area contributed by atoms with Crippen molar-refractivity contribution in [3.63, 3.8) is 0 Å². The molecule has 0 fully saturated rings. The predicted octanol–water partition coefficient (Wildman–Crippen LogP) is 6.24. The largest absolute Gasteiger partial charge is 0.378 e. The zero-order chi connectivity index (χ0) is 14.7. The number of halogens is 1. The molecule has 1 nitrogen and oxygen atoms in total. The van der Waals surface area contributed by atoms with Crippen LogP contribution in [0.15, 0.2) is 66.0 Å². The maximum absolute atomic E-state index is 6.08. The summed E-state index contributed by atoms with van der Waals surface area (Å²) in [5, 5.41) is 6.46. The van der Waals surface area contributed by atoms with Crippen LogP contribution < -0.4 is 5.32 Å². The van der Waals surface area contributed by atoms with Crippen molar-refractivity contribution in [1.82, 2.24) is 0 Å². The Morgan fingerprint density at radius 1 is 1.00 bits per heavy atom. The first-order valence-corrected chi connectivity index (χ1v) is 8.15. The minimum absolute atomic E-state index is 0.199. The highest BCUT2D eigenvalue weighted by atomic mass is 35.5. The van der Waals surface area contributed by atoms with Gasteiger partial charge in [0.15, 0.2) is 0 Å². The molecule has 1 N–H and O–H groups in total. The standard InChI is InChI=1S/C18H16ClNS/c1-13(14-6-4-7-15(19)12-14)20-17-9-3-2-8-16(17)18-10-5-11-21-18/h2-13,20H,1H3. The maximum atomic E-state index is 6.08. The molecule has 106 valence electrons. The number of nitrogens with one attached hydrogen (secondary N) is 1. The number of rotatable bonds is 4.